The summed E-state index contributed by atoms with van der Waals surface area (Å²) in [5.41, 5.74) is 14.4. The zero-order chi connectivity index (χ0) is 12.6. The molecule has 1 aromatic heterocycles. The molecule has 0 saturated carbocycles. The molecule has 1 heterocycles. The minimum absolute atomic E-state index is 0.487. The van der Waals surface area contributed by atoms with Gasteiger partial charge in [-0.2, -0.15) is 5.10 Å². The number of aryl methyl sites for hydroxylation is 2. The first-order valence-electron chi connectivity index (χ1n) is 5.86. The first-order chi connectivity index (χ1) is 8.06. The van der Waals surface area contributed by atoms with Crippen LogP contribution in [0.2, 0.25) is 0 Å². The van der Waals surface area contributed by atoms with E-state index >= 15 is 0 Å². The van der Waals surface area contributed by atoms with Crippen LogP contribution < -0.4 is 5.73 Å². The molecule has 0 aliphatic carbocycles. The summed E-state index contributed by atoms with van der Waals surface area (Å²) in [5.74, 6) is 0. The third-order valence-corrected chi connectivity index (χ3v) is 3.56. The highest BCUT2D eigenvalue weighted by Crippen LogP contribution is 2.32. The average Bonchev–Trinajstić information content (AvgIpc) is 2.75. The Morgan fingerprint density at radius 2 is 1.71 bits per heavy atom. The molecule has 0 atom stereocenters. The molecule has 0 unspecified atom stereocenters. The number of benzene rings is 1. The minimum atomic E-state index is 0.487. The van der Waals surface area contributed by atoms with Gasteiger partial charge in [0.25, 0.3) is 0 Å². The van der Waals surface area contributed by atoms with Crippen molar-refractivity contribution in [1.29, 1.82) is 0 Å². The van der Waals surface area contributed by atoms with E-state index in [1.54, 1.807) is 0 Å². The molecule has 2 rings (SSSR count). The van der Waals surface area contributed by atoms with Crippen LogP contribution >= 0.6 is 0 Å². The molecule has 3 heteroatoms. The van der Waals surface area contributed by atoms with Crippen molar-refractivity contribution < 1.29 is 0 Å². The molecule has 17 heavy (non-hydrogen) atoms. The maximum Gasteiger partial charge on any atom is 0.0569 e. The number of aromatic nitrogens is 2. The Hall–Kier alpha value is -1.61. The molecule has 2 aromatic rings. The Kier molecular flexibility index (Phi) is 3.03. The van der Waals surface area contributed by atoms with Crippen molar-refractivity contribution in [2.24, 2.45) is 5.73 Å². The normalized spacial score (nSPS) is 10.9. The molecule has 0 fully saturated rings. The van der Waals surface area contributed by atoms with Gasteiger partial charge in [-0.25, -0.2) is 0 Å². The third-order valence-electron chi connectivity index (χ3n) is 3.56. The monoisotopic (exact) mass is 229 g/mol. The van der Waals surface area contributed by atoms with Gasteiger partial charge in [0.15, 0.2) is 0 Å². The molecular formula is C14H19N3. The number of aromatic amines is 1. The number of hydrogen-bond donors (Lipinski definition) is 2. The van der Waals surface area contributed by atoms with Gasteiger partial charge in [0.05, 0.1) is 11.9 Å². The van der Waals surface area contributed by atoms with Crippen LogP contribution in [0.3, 0.4) is 0 Å². The van der Waals surface area contributed by atoms with E-state index in [9.17, 15) is 0 Å². The number of rotatable bonds is 2. The molecule has 1 aromatic carbocycles. The Bertz CT molecular complexity index is 527. The lowest BCUT2D eigenvalue weighted by Crippen LogP contribution is -2.01. The number of nitrogens with one attached hydrogen (secondary N) is 1. The zero-order valence-corrected chi connectivity index (χ0v) is 10.9. The van der Waals surface area contributed by atoms with Gasteiger partial charge >= 0.3 is 0 Å². The predicted octanol–water partition coefficient (Wildman–Crippen LogP) is 2.77. The maximum absolute atomic E-state index is 5.74. The van der Waals surface area contributed by atoms with Crippen molar-refractivity contribution in [2.45, 2.75) is 34.2 Å². The van der Waals surface area contributed by atoms with Crippen molar-refractivity contribution in [3.63, 3.8) is 0 Å². The van der Waals surface area contributed by atoms with Gasteiger partial charge in [0, 0.05) is 12.1 Å². The molecule has 0 bridgehead atoms. The Balaban J connectivity index is 2.75. The van der Waals surface area contributed by atoms with Crippen LogP contribution in [0.4, 0.5) is 0 Å². The van der Waals surface area contributed by atoms with Gasteiger partial charge in [0.2, 0.25) is 0 Å². The fourth-order valence-corrected chi connectivity index (χ4v) is 2.30. The number of nitrogens with two attached hydrogens (primary N) is 1. The van der Waals surface area contributed by atoms with E-state index in [0.717, 1.165) is 11.3 Å². The van der Waals surface area contributed by atoms with Crippen molar-refractivity contribution >= 4 is 0 Å². The van der Waals surface area contributed by atoms with Crippen LogP contribution in [-0.4, -0.2) is 10.2 Å². The quantitative estimate of drug-likeness (QED) is 0.832. The summed E-state index contributed by atoms with van der Waals surface area (Å²) in [6.45, 7) is 9.09. The summed E-state index contributed by atoms with van der Waals surface area (Å²) in [6.07, 6.45) is 1.87. The van der Waals surface area contributed by atoms with Gasteiger partial charge in [-0.15, -0.1) is 0 Å². The highest BCUT2D eigenvalue weighted by molar-refractivity contribution is 5.74. The topological polar surface area (TPSA) is 54.7 Å². The predicted molar refractivity (Wildman–Crippen MR) is 70.9 cm³/mol. The molecular weight excluding hydrogens is 210 g/mol. The van der Waals surface area contributed by atoms with Gasteiger partial charge in [0.1, 0.15) is 0 Å². The van der Waals surface area contributed by atoms with Crippen LogP contribution in [0.1, 0.15) is 27.9 Å². The van der Waals surface area contributed by atoms with E-state index < -0.39 is 0 Å². The first-order valence-corrected chi connectivity index (χ1v) is 5.86. The SMILES string of the molecule is Cc1cc(C)c(C)c(-c2cn[nH]c2CN)c1C. The molecule has 90 valence electrons. The molecule has 3 nitrogen and oxygen atoms in total. The van der Waals surface area contributed by atoms with E-state index in [1.165, 1.54) is 27.8 Å². The number of hydrogen-bond acceptors (Lipinski definition) is 2. The van der Waals surface area contributed by atoms with E-state index in [0.29, 0.717) is 6.54 Å². The lowest BCUT2D eigenvalue weighted by Gasteiger charge is -2.15. The van der Waals surface area contributed by atoms with E-state index in [2.05, 4.69) is 44.0 Å². The Labute approximate surface area is 102 Å². The van der Waals surface area contributed by atoms with Crippen LogP contribution in [0.15, 0.2) is 12.3 Å². The third kappa shape index (κ3) is 1.87. The van der Waals surface area contributed by atoms with Gasteiger partial charge in [-0.05, 0) is 55.5 Å². The standard InChI is InChI=1S/C14H19N3/c1-8-5-9(2)11(4)14(10(8)3)12-7-16-17-13(12)6-15/h5,7H,6,15H2,1-4H3,(H,16,17). The van der Waals surface area contributed by atoms with Crippen molar-refractivity contribution in [1.82, 2.24) is 10.2 Å². The molecule has 0 aliphatic rings. The molecule has 0 amide bonds. The van der Waals surface area contributed by atoms with Crippen LogP contribution in [0, 0.1) is 27.7 Å². The summed E-state index contributed by atoms with van der Waals surface area (Å²) in [4.78, 5) is 0. The summed E-state index contributed by atoms with van der Waals surface area (Å²) < 4.78 is 0. The average molecular weight is 229 g/mol. The smallest absolute Gasteiger partial charge is 0.0569 e. The maximum atomic E-state index is 5.74. The highest BCUT2D eigenvalue weighted by atomic mass is 15.1. The van der Waals surface area contributed by atoms with Crippen LogP contribution in [-0.2, 0) is 6.54 Å². The first kappa shape index (κ1) is 11.9. The number of nitrogens with zero attached hydrogens (tertiary/aromatic N) is 1. The summed E-state index contributed by atoms with van der Waals surface area (Å²) in [6, 6.07) is 2.23. The minimum Gasteiger partial charge on any atom is -0.325 e. The van der Waals surface area contributed by atoms with Crippen molar-refractivity contribution in [3.8, 4) is 11.1 Å². The van der Waals surface area contributed by atoms with Crippen LogP contribution in [0.5, 0.6) is 0 Å². The second-order valence-corrected chi connectivity index (χ2v) is 4.60. The second kappa shape index (κ2) is 4.34. The molecule has 0 saturated heterocycles. The van der Waals surface area contributed by atoms with Crippen LogP contribution in [0.25, 0.3) is 11.1 Å². The van der Waals surface area contributed by atoms with E-state index in [-0.39, 0.29) is 0 Å². The van der Waals surface area contributed by atoms with Crippen molar-refractivity contribution in [2.75, 3.05) is 0 Å². The number of H-pyrrole nitrogens is 1. The van der Waals surface area contributed by atoms with Crippen molar-refractivity contribution in [3.05, 3.63) is 40.2 Å². The van der Waals surface area contributed by atoms with E-state index in [1.807, 2.05) is 6.20 Å². The zero-order valence-electron chi connectivity index (χ0n) is 10.9. The van der Waals surface area contributed by atoms with Gasteiger partial charge in [-0.3, -0.25) is 5.10 Å². The molecule has 0 spiro atoms. The highest BCUT2D eigenvalue weighted by Gasteiger charge is 2.14. The van der Waals surface area contributed by atoms with Gasteiger partial charge in [-0.1, -0.05) is 6.07 Å². The molecule has 0 radical (unpaired) electrons. The molecule has 3 N–H and O–H groups in total. The summed E-state index contributed by atoms with van der Waals surface area (Å²) in [7, 11) is 0. The fourth-order valence-electron chi connectivity index (χ4n) is 2.30. The fraction of sp³-hybridized carbons (Fsp3) is 0.357. The van der Waals surface area contributed by atoms with E-state index in [4.69, 9.17) is 5.73 Å². The Morgan fingerprint density at radius 1 is 1.12 bits per heavy atom. The lowest BCUT2D eigenvalue weighted by atomic mass is 9.90. The second-order valence-electron chi connectivity index (χ2n) is 4.60. The lowest BCUT2D eigenvalue weighted by molar-refractivity contribution is 0.948. The van der Waals surface area contributed by atoms with Gasteiger partial charge < -0.3 is 5.73 Å². The largest absolute Gasteiger partial charge is 0.325 e. The summed E-state index contributed by atoms with van der Waals surface area (Å²) >= 11 is 0. The molecule has 0 aliphatic heterocycles. The Morgan fingerprint density at radius 3 is 2.24 bits per heavy atom. The summed E-state index contributed by atoms with van der Waals surface area (Å²) in [5, 5.41) is 7.08.